The molecule has 0 atom stereocenters. The first-order valence-corrected chi connectivity index (χ1v) is 10.5. The summed E-state index contributed by atoms with van der Waals surface area (Å²) in [5, 5.41) is 8.85. The van der Waals surface area contributed by atoms with Crippen LogP contribution in [0.15, 0.2) is 30.5 Å². The minimum atomic E-state index is -0.159. The van der Waals surface area contributed by atoms with E-state index in [1.54, 1.807) is 18.0 Å². The third-order valence-electron chi connectivity index (χ3n) is 5.56. The molecule has 1 fully saturated rings. The van der Waals surface area contributed by atoms with Crippen LogP contribution in [0.2, 0.25) is 5.02 Å². The molecule has 4 rings (SSSR count). The molecule has 0 saturated heterocycles. The fourth-order valence-corrected chi connectivity index (χ4v) is 4.31. The highest BCUT2D eigenvalue weighted by molar-refractivity contribution is 6.38. The third-order valence-corrected chi connectivity index (χ3v) is 5.95. The Balaban J connectivity index is 1.66. The van der Waals surface area contributed by atoms with Gasteiger partial charge in [-0.15, -0.1) is 0 Å². The van der Waals surface area contributed by atoms with Crippen LogP contribution in [-0.4, -0.2) is 33.8 Å². The van der Waals surface area contributed by atoms with Crippen LogP contribution in [0.5, 0.6) is 5.75 Å². The molecule has 6 nitrogen and oxygen atoms in total. The van der Waals surface area contributed by atoms with Gasteiger partial charge in [0.25, 0.3) is 5.91 Å². The van der Waals surface area contributed by atoms with E-state index in [9.17, 15) is 4.79 Å². The van der Waals surface area contributed by atoms with Crippen molar-refractivity contribution in [1.82, 2.24) is 20.1 Å². The maximum atomic E-state index is 12.9. The lowest BCUT2D eigenvalue weighted by atomic mass is 10.1. The number of benzene rings is 1. The predicted octanol–water partition coefficient (Wildman–Crippen LogP) is 4.84. The summed E-state index contributed by atoms with van der Waals surface area (Å²) in [7, 11) is 1.63. The number of fused-ring (bicyclic) bond motifs is 1. The van der Waals surface area contributed by atoms with Crippen LogP contribution in [0, 0.1) is 6.92 Å². The predicted molar refractivity (Wildman–Crippen MR) is 114 cm³/mol. The second-order valence-corrected chi connectivity index (χ2v) is 7.92. The van der Waals surface area contributed by atoms with Crippen LogP contribution in [0.4, 0.5) is 0 Å². The van der Waals surface area contributed by atoms with E-state index in [4.69, 9.17) is 16.3 Å². The van der Waals surface area contributed by atoms with Crippen molar-refractivity contribution in [2.75, 3.05) is 7.11 Å². The minimum absolute atomic E-state index is 0.159. The standard InChI is InChI=1S/C22H25ClN4O2/c1-14-19-20(23)18(22(28)25-15-7-5-3-4-6-8-15)13-24-21(19)27(26-14)16-9-11-17(29-2)12-10-16/h9-13,15H,3-8H2,1-2H3,(H,25,28). The van der Waals surface area contributed by atoms with E-state index in [1.165, 1.54) is 12.8 Å². The molecule has 0 aliphatic heterocycles. The number of hydrogen-bond acceptors (Lipinski definition) is 4. The summed E-state index contributed by atoms with van der Waals surface area (Å²) in [4.78, 5) is 17.4. The van der Waals surface area contributed by atoms with Crippen molar-refractivity contribution >= 4 is 28.5 Å². The minimum Gasteiger partial charge on any atom is -0.497 e. The van der Waals surface area contributed by atoms with Gasteiger partial charge in [-0.25, -0.2) is 9.67 Å². The Hall–Kier alpha value is -2.60. The maximum Gasteiger partial charge on any atom is 0.254 e. The second kappa shape index (κ2) is 8.41. The summed E-state index contributed by atoms with van der Waals surface area (Å²) in [6.45, 7) is 1.88. The van der Waals surface area contributed by atoms with Crippen LogP contribution in [0.1, 0.15) is 54.6 Å². The highest BCUT2D eigenvalue weighted by atomic mass is 35.5. The van der Waals surface area contributed by atoms with E-state index in [2.05, 4.69) is 15.4 Å². The van der Waals surface area contributed by atoms with Gasteiger partial charge in [-0.1, -0.05) is 37.3 Å². The van der Waals surface area contributed by atoms with Gasteiger partial charge in [0.15, 0.2) is 5.65 Å². The molecule has 1 aromatic carbocycles. The first-order valence-electron chi connectivity index (χ1n) is 10.1. The second-order valence-electron chi connectivity index (χ2n) is 7.54. The van der Waals surface area contributed by atoms with Crippen molar-refractivity contribution in [3.05, 3.63) is 46.7 Å². The Kier molecular flexibility index (Phi) is 5.72. The molecule has 29 heavy (non-hydrogen) atoms. The zero-order valence-electron chi connectivity index (χ0n) is 16.7. The van der Waals surface area contributed by atoms with Gasteiger partial charge in [-0.3, -0.25) is 4.79 Å². The van der Waals surface area contributed by atoms with E-state index in [-0.39, 0.29) is 11.9 Å². The highest BCUT2D eigenvalue weighted by Crippen LogP contribution is 2.30. The third kappa shape index (κ3) is 3.94. The highest BCUT2D eigenvalue weighted by Gasteiger charge is 2.22. The molecule has 2 heterocycles. The lowest BCUT2D eigenvalue weighted by Gasteiger charge is -2.16. The molecular weight excluding hydrogens is 388 g/mol. The summed E-state index contributed by atoms with van der Waals surface area (Å²) >= 11 is 6.67. The Labute approximate surface area is 175 Å². The molecule has 0 bridgehead atoms. The van der Waals surface area contributed by atoms with Gasteiger partial charge in [-0.2, -0.15) is 5.10 Å². The molecule has 1 saturated carbocycles. The van der Waals surface area contributed by atoms with Crippen LogP contribution in [0.3, 0.4) is 0 Å². The summed E-state index contributed by atoms with van der Waals surface area (Å²) in [5.74, 6) is 0.610. The molecule has 1 N–H and O–H groups in total. The molecular formula is C22H25ClN4O2. The number of ether oxygens (including phenoxy) is 1. The Morgan fingerprint density at radius 1 is 1.17 bits per heavy atom. The summed E-state index contributed by atoms with van der Waals surface area (Å²) in [5.41, 5.74) is 2.62. The van der Waals surface area contributed by atoms with E-state index < -0.39 is 0 Å². The number of aromatic nitrogens is 3. The van der Waals surface area contributed by atoms with Crippen molar-refractivity contribution in [2.45, 2.75) is 51.5 Å². The monoisotopic (exact) mass is 412 g/mol. The van der Waals surface area contributed by atoms with Gasteiger partial charge in [-0.05, 0) is 44.0 Å². The van der Waals surface area contributed by atoms with Gasteiger partial charge in [0.2, 0.25) is 0 Å². The molecule has 0 spiro atoms. The first kappa shape index (κ1) is 19.7. The van der Waals surface area contributed by atoms with Gasteiger partial charge in [0.1, 0.15) is 5.75 Å². The lowest BCUT2D eigenvalue weighted by molar-refractivity contribution is 0.0933. The fraction of sp³-hybridized carbons (Fsp3) is 0.409. The van der Waals surface area contributed by atoms with Gasteiger partial charge >= 0.3 is 0 Å². The molecule has 1 aliphatic rings. The van der Waals surface area contributed by atoms with Crippen molar-refractivity contribution < 1.29 is 9.53 Å². The number of aryl methyl sites for hydroxylation is 1. The first-order chi connectivity index (χ1) is 14.1. The summed E-state index contributed by atoms with van der Waals surface area (Å²) in [6, 6.07) is 7.77. The quantitative estimate of drug-likeness (QED) is 0.622. The lowest BCUT2D eigenvalue weighted by Crippen LogP contribution is -2.34. The van der Waals surface area contributed by atoms with Crippen LogP contribution in [0.25, 0.3) is 16.7 Å². The molecule has 0 radical (unpaired) electrons. The van der Waals surface area contributed by atoms with Crippen LogP contribution in [-0.2, 0) is 0 Å². The maximum absolute atomic E-state index is 12.9. The average molecular weight is 413 g/mol. The van der Waals surface area contributed by atoms with E-state index in [0.717, 1.165) is 42.8 Å². The molecule has 3 aromatic rings. The molecule has 2 aromatic heterocycles. The molecule has 152 valence electrons. The number of halogens is 1. The van der Waals surface area contributed by atoms with E-state index >= 15 is 0 Å². The van der Waals surface area contributed by atoms with Gasteiger partial charge in [0.05, 0.1) is 34.5 Å². The number of amides is 1. The number of nitrogens with zero attached hydrogens (tertiary/aromatic N) is 3. The van der Waals surface area contributed by atoms with Crippen molar-refractivity contribution in [3.8, 4) is 11.4 Å². The van der Waals surface area contributed by atoms with Crippen molar-refractivity contribution in [3.63, 3.8) is 0 Å². The zero-order chi connectivity index (χ0) is 20.4. The normalized spacial score (nSPS) is 15.3. The topological polar surface area (TPSA) is 69.0 Å². The number of rotatable bonds is 4. The van der Waals surface area contributed by atoms with Crippen LogP contribution >= 0.6 is 11.6 Å². The smallest absolute Gasteiger partial charge is 0.254 e. The van der Waals surface area contributed by atoms with Crippen molar-refractivity contribution in [2.24, 2.45) is 0 Å². The van der Waals surface area contributed by atoms with Gasteiger partial charge < -0.3 is 10.1 Å². The number of methoxy groups -OCH3 is 1. The molecule has 1 amide bonds. The average Bonchev–Trinajstić information content (AvgIpc) is 2.89. The Morgan fingerprint density at radius 2 is 1.86 bits per heavy atom. The summed E-state index contributed by atoms with van der Waals surface area (Å²) in [6.07, 6.45) is 8.39. The van der Waals surface area contributed by atoms with Gasteiger partial charge in [0, 0.05) is 12.2 Å². The SMILES string of the molecule is COc1ccc(-n2nc(C)c3c(Cl)c(C(=O)NC4CCCCCC4)cnc32)cc1. The number of carbonyl (C=O) groups is 1. The zero-order valence-corrected chi connectivity index (χ0v) is 17.5. The summed E-state index contributed by atoms with van der Waals surface area (Å²) < 4.78 is 6.96. The van der Waals surface area contributed by atoms with Crippen molar-refractivity contribution in [1.29, 1.82) is 0 Å². The Morgan fingerprint density at radius 3 is 2.52 bits per heavy atom. The number of nitrogens with one attached hydrogen (secondary N) is 1. The molecule has 7 heteroatoms. The van der Waals surface area contributed by atoms with E-state index in [1.807, 2.05) is 31.2 Å². The largest absolute Gasteiger partial charge is 0.497 e. The van der Waals surface area contributed by atoms with E-state index in [0.29, 0.717) is 21.6 Å². The fourth-order valence-electron chi connectivity index (χ4n) is 3.96. The number of carbonyl (C=O) groups excluding carboxylic acids is 1. The molecule has 0 unspecified atom stereocenters. The number of pyridine rings is 1. The number of hydrogen-bond donors (Lipinski definition) is 1. The molecule has 1 aliphatic carbocycles. The van der Waals surface area contributed by atoms with Crippen LogP contribution < -0.4 is 10.1 Å². The Bertz CT molecular complexity index is 1020.